The minimum absolute atomic E-state index is 0.498. The van der Waals surface area contributed by atoms with Gasteiger partial charge in [0, 0.05) is 11.3 Å². The first-order valence-corrected chi connectivity index (χ1v) is 6.25. The zero-order chi connectivity index (χ0) is 11.7. The summed E-state index contributed by atoms with van der Waals surface area (Å²) in [6.45, 7) is 8.21. The zero-order valence-corrected chi connectivity index (χ0v) is 10.5. The smallest absolute Gasteiger partial charge is 0.107 e. The maximum absolute atomic E-state index is 9.80. The van der Waals surface area contributed by atoms with E-state index in [0.717, 1.165) is 23.3 Å². The van der Waals surface area contributed by atoms with Crippen molar-refractivity contribution in [1.82, 2.24) is 0 Å². The monoisotopic (exact) mass is 232 g/mol. The van der Waals surface area contributed by atoms with Crippen molar-refractivity contribution in [3.05, 3.63) is 52.1 Å². The maximum Gasteiger partial charge on any atom is 0.107 e. The van der Waals surface area contributed by atoms with Crippen LogP contribution in [0.4, 0.5) is 0 Å². The predicted octanol–water partition coefficient (Wildman–Crippen LogP) is 4.52. The number of aliphatic hydroxyl groups excluding tert-OH is 1. The number of hydrogen-bond acceptors (Lipinski definition) is 2. The summed E-state index contributed by atoms with van der Waals surface area (Å²) < 4.78 is 0. The molecule has 1 aliphatic rings. The Balaban J connectivity index is 2.35. The van der Waals surface area contributed by atoms with Crippen LogP contribution in [0.15, 0.2) is 45.9 Å². The Morgan fingerprint density at radius 3 is 2.31 bits per heavy atom. The van der Waals surface area contributed by atoms with E-state index in [-0.39, 0.29) is 0 Å². The van der Waals surface area contributed by atoms with Crippen LogP contribution in [0.2, 0.25) is 0 Å². The van der Waals surface area contributed by atoms with E-state index in [2.05, 4.69) is 38.6 Å². The summed E-state index contributed by atoms with van der Waals surface area (Å²) in [4.78, 5) is 2.21. The van der Waals surface area contributed by atoms with E-state index in [1.807, 2.05) is 0 Å². The molecule has 1 aliphatic carbocycles. The summed E-state index contributed by atoms with van der Waals surface area (Å²) in [5, 5.41) is 9.80. The van der Waals surface area contributed by atoms with Gasteiger partial charge in [-0.1, -0.05) is 36.5 Å². The number of allylic oxidation sites excluding steroid dienone is 2. The van der Waals surface area contributed by atoms with Crippen LogP contribution in [-0.4, -0.2) is 5.11 Å². The van der Waals surface area contributed by atoms with E-state index in [1.165, 1.54) is 16.0 Å². The molecule has 1 N–H and O–H groups in total. The van der Waals surface area contributed by atoms with Crippen LogP contribution >= 0.6 is 11.8 Å². The first kappa shape index (κ1) is 11.3. The van der Waals surface area contributed by atoms with Crippen molar-refractivity contribution < 1.29 is 5.11 Å². The topological polar surface area (TPSA) is 20.2 Å². The van der Waals surface area contributed by atoms with Gasteiger partial charge in [0.1, 0.15) is 5.76 Å². The molecule has 0 unspecified atom stereocenters. The third kappa shape index (κ3) is 2.03. The Morgan fingerprint density at radius 2 is 1.81 bits per heavy atom. The van der Waals surface area contributed by atoms with Crippen molar-refractivity contribution in [1.29, 1.82) is 0 Å². The van der Waals surface area contributed by atoms with Crippen molar-refractivity contribution in [2.75, 3.05) is 0 Å². The fourth-order valence-corrected chi connectivity index (χ4v) is 3.02. The molecule has 0 aliphatic heterocycles. The van der Waals surface area contributed by atoms with Gasteiger partial charge in [-0.15, -0.1) is 0 Å². The van der Waals surface area contributed by atoms with Gasteiger partial charge < -0.3 is 5.11 Å². The van der Waals surface area contributed by atoms with Gasteiger partial charge in [0.15, 0.2) is 0 Å². The normalized spacial score (nSPS) is 16.0. The first-order chi connectivity index (χ1) is 7.59. The van der Waals surface area contributed by atoms with Gasteiger partial charge in [-0.25, -0.2) is 0 Å². The van der Waals surface area contributed by atoms with Crippen molar-refractivity contribution >= 4 is 11.8 Å². The van der Waals surface area contributed by atoms with Gasteiger partial charge in [0.05, 0.1) is 4.91 Å². The quantitative estimate of drug-likeness (QED) is 0.809. The Kier molecular flexibility index (Phi) is 3.10. The van der Waals surface area contributed by atoms with Gasteiger partial charge in [0.25, 0.3) is 0 Å². The molecule has 0 spiro atoms. The van der Waals surface area contributed by atoms with E-state index in [4.69, 9.17) is 0 Å². The average Bonchev–Trinajstić information content (AvgIpc) is 2.54. The summed E-state index contributed by atoms with van der Waals surface area (Å²) in [5.41, 5.74) is 3.57. The average molecular weight is 232 g/mol. The molecular weight excluding hydrogens is 216 g/mol. The molecule has 1 aromatic rings. The van der Waals surface area contributed by atoms with Crippen molar-refractivity contribution in [2.24, 2.45) is 0 Å². The predicted molar refractivity (Wildman–Crippen MR) is 69.8 cm³/mol. The van der Waals surface area contributed by atoms with Crippen LogP contribution in [0.25, 0.3) is 0 Å². The Bertz CT molecular complexity index is 451. The molecule has 2 heteroatoms. The molecule has 0 amide bonds. The largest absolute Gasteiger partial charge is 0.511 e. The van der Waals surface area contributed by atoms with E-state index >= 15 is 0 Å². The standard InChI is InChI=1S/C14H16OS/c1-9-5-4-6-10(2)13(9)16-14-11(3)7-8-12(14)15/h4-6,15H,3,7-8H2,1-2H3. The molecule has 0 radical (unpaired) electrons. The molecule has 16 heavy (non-hydrogen) atoms. The van der Waals surface area contributed by atoms with Crippen LogP contribution in [0.3, 0.4) is 0 Å². The second-order valence-electron chi connectivity index (χ2n) is 4.20. The highest BCUT2D eigenvalue weighted by atomic mass is 32.2. The SMILES string of the molecule is C=C1CCC(O)=C1Sc1c(C)cccc1C. The molecule has 2 rings (SSSR count). The maximum atomic E-state index is 9.80. The Morgan fingerprint density at radius 1 is 1.19 bits per heavy atom. The zero-order valence-electron chi connectivity index (χ0n) is 9.71. The highest BCUT2D eigenvalue weighted by Gasteiger charge is 2.19. The number of aryl methyl sites for hydroxylation is 2. The minimum atomic E-state index is 0.498. The number of rotatable bonds is 2. The molecule has 0 fully saturated rings. The van der Waals surface area contributed by atoms with Crippen LogP contribution in [0.5, 0.6) is 0 Å². The van der Waals surface area contributed by atoms with Gasteiger partial charge in [0.2, 0.25) is 0 Å². The van der Waals surface area contributed by atoms with Crippen molar-refractivity contribution in [2.45, 2.75) is 31.6 Å². The van der Waals surface area contributed by atoms with Gasteiger partial charge >= 0.3 is 0 Å². The molecule has 1 aromatic carbocycles. The molecule has 84 valence electrons. The summed E-state index contributed by atoms with van der Waals surface area (Å²) in [7, 11) is 0. The van der Waals surface area contributed by atoms with E-state index in [0.29, 0.717) is 5.76 Å². The summed E-state index contributed by atoms with van der Waals surface area (Å²) >= 11 is 1.65. The number of hydrogen-bond donors (Lipinski definition) is 1. The van der Waals surface area contributed by atoms with Gasteiger partial charge in [-0.05, 0) is 37.0 Å². The van der Waals surface area contributed by atoms with Gasteiger partial charge in [-0.2, -0.15) is 0 Å². The first-order valence-electron chi connectivity index (χ1n) is 5.44. The molecular formula is C14H16OS. The van der Waals surface area contributed by atoms with Crippen molar-refractivity contribution in [3.8, 4) is 0 Å². The lowest BCUT2D eigenvalue weighted by molar-refractivity contribution is 0.396. The molecule has 0 bridgehead atoms. The van der Waals surface area contributed by atoms with Crippen LogP contribution < -0.4 is 0 Å². The molecule has 0 saturated carbocycles. The molecule has 0 atom stereocenters. The highest BCUT2D eigenvalue weighted by molar-refractivity contribution is 8.03. The van der Waals surface area contributed by atoms with Crippen LogP contribution in [0.1, 0.15) is 24.0 Å². The number of aliphatic hydroxyl groups is 1. The fourth-order valence-electron chi connectivity index (χ4n) is 1.89. The fraction of sp³-hybridized carbons (Fsp3) is 0.286. The minimum Gasteiger partial charge on any atom is -0.511 e. The molecule has 0 heterocycles. The van der Waals surface area contributed by atoms with E-state index < -0.39 is 0 Å². The highest BCUT2D eigenvalue weighted by Crippen LogP contribution is 2.42. The van der Waals surface area contributed by atoms with E-state index in [1.54, 1.807) is 11.8 Å². The third-order valence-corrected chi connectivity index (χ3v) is 4.44. The van der Waals surface area contributed by atoms with Crippen LogP contribution in [0, 0.1) is 13.8 Å². The Hall–Kier alpha value is -1.15. The van der Waals surface area contributed by atoms with Gasteiger partial charge in [-0.3, -0.25) is 0 Å². The molecule has 0 saturated heterocycles. The third-order valence-electron chi connectivity index (χ3n) is 2.86. The van der Waals surface area contributed by atoms with Crippen molar-refractivity contribution in [3.63, 3.8) is 0 Å². The lowest BCUT2D eigenvalue weighted by Gasteiger charge is -2.10. The summed E-state index contributed by atoms with van der Waals surface area (Å²) in [6, 6.07) is 6.27. The lowest BCUT2D eigenvalue weighted by atomic mass is 10.2. The van der Waals surface area contributed by atoms with E-state index in [9.17, 15) is 5.11 Å². The number of thioether (sulfide) groups is 1. The molecule has 0 aromatic heterocycles. The summed E-state index contributed by atoms with van der Waals surface area (Å²) in [5.74, 6) is 0.498. The Labute approximate surface area is 101 Å². The molecule has 1 nitrogen and oxygen atoms in total. The summed E-state index contributed by atoms with van der Waals surface area (Å²) in [6.07, 6.45) is 1.63. The van der Waals surface area contributed by atoms with Crippen LogP contribution in [-0.2, 0) is 0 Å². The number of benzene rings is 1. The lowest BCUT2D eigenvalue weighted by Crippen LogP contribution is -1.87. The second-order valence-corrected chi connectivity index (χ2v) is 5.22. The second kappa shape index (κ2) is 4.38.